The molecule has 2 atom stereocenters. The zero-order chi connectivity index (χ0) is 13.2. The Bertz CT molecular complexity index is 577. The predicted molar refractivity (Wildman–Crippen MR) is 71.1 cm³/mol. The van der Waals surface area contributed by atoms with E-state index >= 15 is 0 Å². The first-order valence-corrected chi connectivity index (χ1v) is 6.53. The molecule has 0 bridgehead atoms. The van der Waals surface area contributed by atoms with Crippen molar-refractivity contribution in [2.24, 2.45) is 11.8 Å². The largest absolute Gasteiger partial charge is 0.356 e. The lowest BCUT2D eigenvalue weighted by atomic mass is 10.1. The van der Waals surface area contributed by atoms with Crippen LogP contribution in [0.25, 0.3) is 11.3 Å². The second-order valence-electron chi connectivity index (χ2n) is 5.09. The highest BCUT2D eigenvalue weighted by molar-refractivity contribution is 5.81. The third kappa shape index (κ3) is 2.67. The van der Waals surface area contributed by atoms with Crippen LogP contribution in [-0.4, -0.2) is 11.1 Å². The molecule has 3 rings (SSSR count). The van der Waals surface area contributed by atoms with Gasteiger partial charge in [0.1, 0.15) is 5.69 Å². The number of aromatic nitrogens is 1. The van der Waals surface area contributed by atoms with Crippen LogP contribution in [0.1, 0.15) is 19.0 Å². The summed E-state index contributed by atoms with van der Waals surface area (Å²) < 4.78 is 5.28. The molecule has 1 aromatic heterocycles. The summed E-state index contributed by atoms with van der Waals surface area (Å²) in [4.78, 5) is 11.7. The monoisotopic (exact) mass is 256 g/mol. The van der Waals surface area contributed by atoms with Crippen molar-refractivity contribution in [1.82, 2.24) is 10.5 Å². The summed E-state index contributed by atoms with van der Waals surface area (Å²) in [5.74, 6) is 1.57. The second-order valence-corrected chi connectivity index (χ2v) is 5.09. The summed E-state index contributed by atoms with van der Waals surface area (Å²) in [7, 11) is 0. The number of rotatable bonds is 4. The highest BCUT2D eigenvalue weighted by Crippen LogP contribution is 2.37. The van der Waals surface area contributed by atoms with Gasteiger partial charge in [0.05, 0.1) is 6.54 Å². The summed E-state index contributed by atoms with van der Waals surface area (Å²) in [6, 6.07) is 11.7. The molecule has 1 saturated carbocycles. The molecule has 1 N–H and O–H groups in total. The van der Waals surface area contributed by atoms with E-state index in [1.54, 1.807) is 0 Å². The Morgan fingerprint density at radius 1 is 1.42 bits per heavy atom. The molecule has 1 aliphatic carbocycles. The van der Waals surface area contributed by atoms with Crippen LogP contribution in [0, 0.1) is 11.8 Å². The Kier molecular flexibility index (Phi) is 3.07. The molecule has 4 nitrogen and oxygen atoms in total. The topological polar surface area (TPSA) is 55.1 Å². The first kappa shape index (κ1) is 12.0. The first-order chi connectivity index (χ1) is 9.24. The average Bonchev–Trinajstić information content (AvgIpc) is 3.00. The van der Waals surface area contributed by atoms with Gasteiger partial charge in [-0.1, -0.05) is 42.4 Å². The third-order valence-electron chi connectivity index (χ3n) is 3.51. The molecule has 0 radical (unpaired) electrons. The van der Waals surface area contributed by atoms with E-state index in [0.717, 1.165) is 23.4 Å². The highest BCUT2D eigenvalue weighted by Gasteiger charge is 2.38. The van der Waals surface area contributed by atoms with Gasteiger partial charge in [0.2, 0.25) is 5.91 Å². The van der Waals surface area contributed by atoms with Gasteiger partial charge < -0.3 is 9.84 Å². The lowest BCUT2D eigenvalue weighted by Crippen LogP contribution is -2.24. The van der Waals surface area contributed by atoms with Crippen molar-refractivity contribution in [2.75, 3.05) is 0 Å². The molecular weight excluding hydrogens is 240 g/mol. The molecule has 1 heterocycles. The number of hydrogen-bond acceptors (Lipinski definition) is 3. The fourth-order valence-electron chi connectivity index (χ4n) is 2.13. The fourth-order valence-corrected chi connectivity index (χ4v) is 2.13. The summed E-state index contributed by atoms with van der Waals surface area (Å²) in [6.45, 7) is 2.52. The van der Waals surface area contributed by atoms with Gasteiger partial charge in [-0.15, -0.1) is 0 Å². The lowest BCUT2D eigenvalue weighted by molar-refractivity contribution is -0.122. The summed E-state index contributed by atoms with van der Waals surface area (Å²) in [5.41, 5.74) is 1.74. The van der Waals surface area contributed by atoms with Crippen LogP contribution < -0.4 is 5.32 Å². The van der Waals surface area contributed by atoms with Gasteiger partial charge in [0.15, 0.2) is 5.76 Å². The van der Waals surface area contributed by atoms with Gasteiger partial charge in [0.25, 0.3) is 0 Å². The molecule has 0 spiro atoms. The van der Waals surface area contributed by atoms with Gasteiger partial charge in [-0.25, -0.2) is 0 Å². The Morgan fingerprint density at radius 2 is 2.16 bits per heavy atom. The minimum Gasteiger partial charge on any atom is -0.356 e. The summed E-state index contributed by atoms with van der Waals surface area (Å²) in [5, 5.41) is 6.87. The number of carbonyl (C=O) groups excluding carboxylic acids is 1. The maximum absolute atomic E-state index is 11.7. The Morgan fingerprint density at radius 3 is 2.84 bits per heavy atom. The van der Waals surface area contributed by atoms with E-state index in [0.29, 0.717) is 12.5 Å². The van der Waals surface area contributed by atoms with Crippen molar-refractivity contribution in [2.45, 2.75) is 19.9 Å². The van der Waals surface area contributed by atoms with Crippen LogP contribution in [0.4, 0.5) is 0 Å². The van der Waals surface area contributed by atoms with Crippen LogP contribution in [0.3, 0.4) is 0 Å². The standard InChI is InChI=1S/C15H16N2O2/c1-10-7-13(10)15(18)16-9-12-8-14(19-17-12)11-5-3-2-4-6-11/h2-6,8,10,13H,7,9H2,1H3,(H,16,18). The van der Waals surface area contributed by atoms with Crippen molar-refractivity contribution in [3.63, 3.8) is 0 Å². The van der Waals surface area contributed by atoms with E-state index in [1.807, 2.05) is 36.4 Å². The first-order valence-electron chi connectivity index (χ1n) is 6.53. The number of amides is 1. The van der Waals surface area contributed by atoms with Crippen LogP contribution in [0.2, 0.25) is 0 Å². The number of nitrogens with zero attached hydrogens (tertiary/aromatic N) is 1. The molecule has 4 heteroatoms. The highest BCUT2D eigenvalue weighted by atomic mass is 16.5. The van der Waals surface area contributed by atoms with Crippen molar-refractivity contribution in [3.8, 4) is 11.3 Å². The number of benzene rings is 1. The van der Waals surface area contributed by atoms with Gasteiger partial charge >= 0.3 is 0 Å². The Labute approximate surface area is 111 Å². The van der Waals surface area contributed by atoms with E-state index in [9.17, 15) is 4.79 Å². The summed E-state index contributed by atoms with van der Waals surface area (Å²) in [6.07, 6.45) is 1.000. The zero-order valence-electron chi connectivity index (χ0n) is 10.8. The lowest BCUT2D eigenvalue weighted by Gasteiger charge is -2.00. The quantitative estimate of drug-likeness (QED) is 0.914. The maximum atomic E-state index is 11.7. The molecule has 1 fully saturated rings. The molecule has 0 aliphatic heterocycles. The SMILES string of the molecule is CC1CC1C(=O)NCc1cc(-c2ccccc2)on1. The smallest absolute Gasteiger partial charge is 0.223 e. The van der Waals surface area contributed by atoms with Crippen LogP contribution in [0.15, 0.2) is 40.9 Å². The molecule has 2 unspecified atom stereocenters. The van der Waals surface area contributed by atoms with Gasteiger partial charge in [0, 0.05) is 17.5 Å². The average molecular weight is 256 g/mol. The molecule has 19 heavy (non-hydrogen) atoms. The zero-order valence-corrected chi connectivity index (χ0v) is 10.8. The number of hydrogen-bond donors (Lipinski definition) is 1. The normalized spacial score (nSPS) is 21.1. The predicted octanol–water partition coefficient (Wildman–Crippen LogP) is 2.61. The molecule has 1 aromatic carbocycles. The van der Waals surface area contributed by atoms with E-state index in [-0.39, 0.29) is 11.8 Å². The molecule has 0 saturated heterocycles. The van der Waals surface area contributed by atoms with Crippen molar-refractivity contribution in [3.05, 3.63) is 42.1 Å². The van der Waals surface area contributed by atoms with Crippen LogP contribution in [-0.2, 0) is 11.3 Å². The second kappa shape index (κ2) is 4.88. The van der Waals surface area contributed by atoms with Crippen molar-refractivity contribution in [1.29, 1.82) is 0 Å². The number of carbonyl (C=O) groups is 1. The summed E-state index contributed by atoms with van der Waals surface area (Å²) >= 11 is 0. The Balaban J connectivity index is 1.61. The van der Waals surface area contributed by atoms with E-state index in [1.165, 1.54) is 0 Å². The fraction of sp³-hybridized carbons (Fsp3) is 0.333. The molecule has 98 valence electrons. The molecular formula is C15H16N2O2. The molecule has 1 amide bonds. The van der Waals surface area contributed by atoms with E-state index < -0.39 is 0 Å². The van der Waals surface area contributed by atoms with Gasteiger partial charge in [-0.2, -0.15) is 0 Å². The maximum Gasteiger partial charge on any atom is 0.223 e. The van der Waals surface area contributed by atoms with Crippen LogP contribution >= 0.6 is 0 Å². The minimum atomic E-state index is 0.122. The van der Waals surface area contributed by atoms with Crippen molar-refractivity contribution < 1.29 is 9.32 Å². The van der Waals surface area contributed by atoms with Gasteiger partial charge in [-0.05, 0) is 12.3 Å². The molecule has 2 aromatic rings. The number of nitrogens with one attached hydrogen (secondary N) is 1. The van der Waals surface area contributed by atoms with Gasteiger partial charge in [-0.3, -0.25) is 4.79 Å². The Hall–Kier alpha value is -2.10. The van der Waals surface area contributed by atoms with E-state index in [4.69, 9.17) is 4.52 Å². The minimum absolute atomic E-state index is 0.122. The van der Waals surface area contributed by atoms with E-state index in [2.05, 4.69) is 17.4 Å². The third-order valence-corrected chi connectivity index (χ3v) is 3.51. The molecule has 1 aliphatic rings. The van der Waals surface area contributed by atoms with Crippen molar-refractivity contribution >= 4 is 5.91 Å². The van der Waals surface area contributed by atoms with Crippen LogP contribution in [0.5, 0.6) is 0 Å².